The number of rotatable bonds is 5. The summed E-state index contributed by atoms with van der Waals surface area (Å²) in [5, 5.41) is 5.55. The zero-order chi connectivity index (χ0) is 14.4. The van der Waals surface area contributed by atoms with Crippen LogP contribution in [-0.2, 0) is 9.59 Å². The fourth-order valence-corrected chi connectivity index (χ4v) is 1.68. The van der Waals surface area contributed by atoms with Crippen LogP contribution in [0, 0.1) is 12.8 Å². The highest BCUT2D eigenvalue weighted by Crippen LogP contribution is 2.20. The molecule has 0 saturated carbocycles. The van der Waals surface area contributed by atoms with Gasteiger partial charge in [-0.2, -0.15) is 0 Å². The van der Waals surface area contributed by atoms with Gasteiger partial charge in [0, 0.05) is 24.7 Å². The van der Waals surface area contributed by atoms with Crippen LogP contribution in [0.15, 0.2) is 18.2 Å². The van der Waals surface area contributed by atoms with Gasteiger partial charge in [0.25, 0.3) is 0 Å². The largest absolute Gasteiger partial charge is 0.330 e. The molecule has 0 aromatic heterocycles. The van der Waals surface area contributed by atoms with E-state index in [1.807, 2.05) is 19.9 Å². The number of hydrogen-bond acceptors (Lipinski definition) is 3. The van der Waals surface area contributed by atoms with Gasteiger partial charge in [0.1, 0.15) is 0 Å². The predicted octanol–water partition coefficient (Wildman–Crippen LogP) is 1.88. The van der Waals surface area contributed by atoms with Gasteiger partial charge in [0.05, 0.1) is 0 Å². The quantitative estimate of drug-likeness (QED) is 0.758. The van der Waals surface area contributed by atoms with Crippen LogP contribution in [0.3, 0.4) is 0 Å². The van der Waals surface area contributed by atoms with Crippen LogP contribution in [0.25, 0.3) is 0 Å². The van der Waals surface area contributed by atoms with Crippen LogP contribution in [-0.4, -0.2) is 18.4 Å². The van der Waals surface area contributed by atoms with Crippen LogP contribution in [0.4, 0.5) is 11.4 Å². The fourth-order valence-electron chi connectivity index (χ4n) is 1.68. The van der Waals surface area contributed by atoms with Gasteiger partial charge in [-0.3, -0.25) is 9.59 Å². The van der Waals surface area contributed by atoms with E-state index in [9.17, 15) is 9.59 Å². The Labute approximate surface area is 113 Å². The average molecular weight is 263 g/mol. The number of nitrogens with two attached hydrogens (primary N) is 1. The molecule has 0 spiro atoms. The Balaban J connectivity index is 2.68. The van der Waals surface area contributed by atoms with Crippen LogP contribution < -0.4 is 16.4 Å². The lowest BCUT2D eigenvalue weighted by Crippen LogP contribution is -2.20. The van der Waals surface area contributed by atoms with Crippen molar-refractivity contribution in [2.75, 3.05) is 17.2 Å². The topological polar surface area (TPSA) is 84.2 Å². The van der Waals surface area contributed by atoms with Gasteiger partial charge in [0.15, 0.2) is 0 Å². The highest BCUT2D eigenvalue weighted by atomic mass is 16.2. The molecule has 5 nitrogen and oxygen atoms in total. The normalized spacial score (nSPS) is 11.8. The number of carbonyl (C=O) groups excluding carboxylic acids is 2. The van der Waals surface area contributed by atoms with E-state index >= 15 is 0 Å². The van der Waals surface area contributed by atoms with E-state index in [1.54, 1.807) is 12.1 Å². The van der Waals surface area contributed by atoms with Gasteiger partial charge in [0.2, 0.25) is 11.8 Å². The van der Waals surface area contributed by atoms with E-state index in [4.69, 9.17) is 5.73 Å². The van der Waals surface area contributed by atoms with E-state index in [0.717, 1.165) is 16.9 Å². The van der Waals surface area contributed by atoms with Crippen molar-refractivity contribution in [1.29, 1.82) is 0 Å². The van der Waals surface area contributed by atoms with Crippen LogP contribution >= 0.6 is 0 Å². The standard InChI is InChI=1S/C14H21N3O2/c1-9(8-15)6-14(19)17-12-4-5-13(10(2)7-12)16-11(3)18/h4-5,7,9H,6,8,15H2,1-3H3,(H,16,18)(H,17,19). The van der Waals surface area contributed by atoms with E-state index < -0.39 is 0 Å². The Morgan fingerprint density at radius 3 is 2.53 bits per heavy atom. The predicted molar refractivity (Wildman–Crippen MR) is 76.9 cm³/mol. The van der Waals surface area contributed by atoms with Crippen molar-refractivity contribution in [2.45, 2.75) is 27.2 Å². The third-order valence-electron chi connectivity index (χ3n) is 2.76. The van der Waals surface area contributed by atoms with Crippen molar-refractivity contribution in [2.24, 2.45) is 11.7 Å². The highest BCUT2D eigenvalue weighted by Gasteiger charge is 2.08. The first kappa shape index (κ1) is 15.2. The summed E-state index contributed by atoms with van der Waals surface area (Å²) in [6.45, 7) is 5.77. The van der Waals surface area contributed by atoms with Gasteiger partial charge in [-0.25, -0.2) is 0 Å². The average Bonchev–Trinajstić information content (AvgIpc) is 2.32. The Morgan fingerprint density at radius 2 is 2.00 bits per heavy atom. The van der Waals surface area contributed by atoms with Gasteiger partial charge in [-0.1, -0.05) is 6.92 Å². The minimum absolute atomic E-state index is 0.0513. The second kappa shape index (κ2) is 6.89. The van der Waals surface area contributed by atoms with Crippen molar-refractivity contribution in [3.8, 4) is 0 Å². The minimum Gasteiger partial charge on any atom is -0.330 e. The molecule has 0 heterocycles. The Kier molecular flexibility index (Phi) is 5.51. The summed E-state index contributed by atoms with van der Waals surface area (Å²) in [6, 6.07) is 5.37. The molecule has 4 N–H and O–H groups in total. The molecule has 1 aromatic carbocycles. The van der Waals surface area contributed by atoms with E-state index in [1.165, 1.54) is 6.92 Å². The molecule has 1 unspecified atom stereocenters. The number of anilines is 2. The summed E-state index contributed by atoms with van der Waals surface area (Å²) >= 11 is 0. The highest BCUT2D eigenvalue weighted by molar-refractivity contribution is 5.93. The molecular formula is C14H21N3O2. The van der Waals surface area contributed by atoms with E-state index in [0.29, 0.717) is 13.0 Å². The number of nitrogens with one attached hydrogen (secondary N) is 2. The number of amides is 2. The van der Waals surface area contributed by atoms with E-state index in [-0.39, 0.29) is 17.7 Å². The lowest BCUT2D eigenvalue weighted by Gasteiger charge is -2.11. The van der Waals surface area contributed by atoms with E-state index in [2.05, 4.69) is 10.6 Å². The van der Waals surface area contributed by atoms with Gasteiger partial charge >= 0.3 is 0 Å². The number of benzene rings is 1. The second-order valence-electron chi connectivity index (χ2n) is 4.80. The summed E-state index contributed by atoms with van der Waals surface area (Å²) in [5.41, 5.74) is 7.86. The Bertz CT molecular complexity index is 472. The molecule has 0 radical (unpaired) electrons. The molecule has 0 aliphatic rings. The minimum atomic E-state index is -0.114. The monoisotopic (exact) mass is 263 g/mol. The van der Waals surface area contributed by atoms with Crippen molar-refractivity contribution in [3.63, 3.8) is 0 Å². The molecule has 1 atom stereocenters. The molecule has 1 aromatic rings. The third-order valence-corrected chi connectivity index (χ3v) is 2.76. The summed E-state index contributed by atoms with van der Waals surface area (Å²) < 4.78 is 0. The number of carbonyl (C=O) groups is 2. The van der Waals surface area contributed by atoms with Crippen LogP contribution in [0.5, 0.6) is 0 Å². The molecular weight excluding hydrogens is 242 g/mol. The maximum absolute atomic E-state index is 11.7. The summed E-state index contributed by atoms with van der Waals surface area (Å²) in [6.07, 6.45) is 0.406. The zero-order valence-electron chi connectivity index (χ0n) is 11.6. The Morgan fingerprint density at radius 1 is 1.32 bits per heavy atom. The smallest absolute Gasteiger partial charge is 0.224 e. The first-order valence-corrected chi connectivity index (χ1v) is 6.30. The maximum atomic E-state index is 11.7. The van der Waals surface area contributed by atoms with Crippen LogP contribution in [0.1, 0.15) is 25.8 Å². The molecule has 104 valence electrons. The summed E-state index contributed by atoms with van der Waals surface area (Å²) in [5.74, 6) is 0.000956. The maximum Gasteiger partial charge on any atom is 0.224 e. The zero-order valence-corrected chi connectivity index (χ0v) is 11.6. The lowest BCUT2D eigenvalue weighted by atomic mass is 10.1. The molecule has 0 fully saturated rings. The number of aryl methyl sites for hydroxylation is 1. The first-order valence-electron chi connectivity index (χ1n) is 6.30. The van der Waals surface area contributed by atoms with Crippen molar-refractivity contribution < 1.29 is 9.59 Å². The molecule has 19 heavy (non-hydrogen) atoms. The van der Waals surface area contributed by atoms with Crippen LogP contribution in [0.2, 0.25) is 0 Å². The molecule has 0 bridgehead atoms. The van der Waals surface area contributed by atoms with Gasteiger partial charge in [-0.15, -0.1) is 0 Å². The van der Waals surface area contributed by atoms with Gasteiger partial charge < -0.3 is 16.4 Å². The van der Waals surface area contributed by atoms with Gasteiger partial charge in [-0.05, 0) is 43.1 Å². The van der Waals surface area contributed by atoms with Crippen molar-refractivity contribution >= 4 is 23.2 Å². The molecule has 0 aliphatic heterocycles. The molecule has 1 rings (SSSR count). The fraction of sp³-hybridized carbons (Fsp3) is 0.429. The third kappa shape index (κ3) is 5.09. The second-order valence-corrected chi connectivity index (χ2v) is 4.80. The summed E-state index contributed by atoms with van der Waals surface area (Å²) in [7, 11) is 0. The lowest BCUT2D eigenvalue weighted by molar-refractivity contribution is -0.117. The summed E-state index contributed by atoms with van der Waals surface area (Å²) in [4.78, 5) is 22.7. The molecule has 0 aliphatic carbocycles. The Hall–Kier alpha value is -1.88. The molecule has 0 saturated heterocycles. The van der Waals surface area contributed by atoms with Crippen molar-refractivity contribution in [3.05, 3.63) is 23.8 Å². The van der Waals surface area contributed by atoms with Crippen molar-refractivity contribution in [1.82, 2.24) is 0 Å². The molecule has 5 heteroatoms. The SMILES string of the molecule is CC(=O)Nc1ccc(NC(=O)CC(C)CN)cc1C. The molecule has 2 amide bonds. The number of hydrogen-bond donors (Lipinski definition) is 3. The first-order chi connectivity index (χ1) is 8.92.